The van der Waals surface area contributed by atoms with Gasteiger partial charge in [0.25, 0.3) is 0 Å². The van der Waals surface area contributed by atoms with Crippen LogP contribution in [0.5, 0.6) is 0 Å². The van der Waals surface area contributed by atoms with Gasteiger partial charge in [-0.1, -0.05) is 25.1 Å². The molecule has 0 radical (unpaired) electrons. The van der Waals surface area contributed by atoms with Gasteiger partial charge >= 0.3 is 0 Å². The third kappa shape index (κ3) is 2.41. The monoisotopic (exact) mass is 246 g/mol. The molecule has 0 aliphatic carbocycles. The summed E-state index contributed by atoms with van der Waals surface area (Å²) < 4.78 is 0. The number of hydrogen-bond donors (Lipinski definition) is 1. The van der Waals surface area contributed by atoms with Crippen LogP contribution >= 0.6 is 0 Å². The van der Waals surface area contributed by atoms with Crippen molar-refractivity contribution in [3.05, 3.63) is 29.8 Å². The van der Waals surface area contributed by atoms with E-state index in [2.05, 4.69) is 25.2 Å². The smallest absolute Gasteiger partial charge is 0.246 e. The number of rotatable bonds is 1. The minimum atomic E-state index is -0.493. The van der Waals surface area contributed by atoms with Gasteiger partial charge in [0.05, 0.1) is 5.54 Å². The molecule has 2 rings (SSSR count). The van der Waals surface area contributed by atoms with Crippen molar-refractivity contribution in [2.75, 3.05) is 18.0 Å². The lowest BCUT2D eigenvalue weighted by Gasteiger charge is -2.30. The van der Waals surface area contributed by atoms with Crippen LogP contribution in [0.2, 0.25) is 0 Å². The van der Waals surface area contributed by atoms with E-state index in [1.807, 2.05) is 36.9 Å². The highest BCUT2D eigenvalue weighted by Gasteiger charge is 2.36. The van der Waals surface area contributed by atoms with Crippen molar-refractivity contribution in [1.82, 2.24) is 5.32 Å². The molecule has 0 spiro atoms. The molecule has 1 aliphatic rings. The number of carbonyl (C=O) groups is 1. The van der Waals surface area contributed by atoms with Gasteiger partial charge in [0.15, 0.2) is 0 Å². The molecule has 1 atom stereocenters. The molecule has 1 heterocycles. The van der Waals surface area contributed by atoms with Crippen molar-refractivity contribution in [1.29, 1.82) is 0 Å². The highest BCUT2D eigenvalue weighted by molar-refractivity contribution is 6.00. The predicted octanol–water partition coefficient (Wildman–Crippen LogP) is 2.35. The number of nitrogens with zero attached hydrogens (tertiary/aromatic N) is 1. The summed E-state index contributed by atoms with van der Waals surface area (Å²) >= 11 is 0. The number of hydrogen-bond acceptors (Lipinski definition) is 2. The number of anilines is 1. The van der Waals surface area contributed by atoms with Crippen LogP contribution in [0.25, 0.3) is 0 Å². The summed E-state index contributed by atoms with van der Waals surface area (Å²) in [5, 5.41) is 3.35. The van der Waals surface area contributed by atoms with E-state index in [0.717, 1.165) is 24.3 Å². The highest BCUT2D eigenvalue weighted by Crippen LogP contribution is 2.25. The number of amides is 1. The molecular formula is C15H22N2O. The Bertz CT molecular complexity index is 454. The van der Waals surface area contributed by atoms with Crippen LogP contribution in [0, 0.1) is 12.8 Å². The summed E-state index contributed by atoms with van der Waals surface area (Å²) in [6.07, 6.45) is 0. The third-order valence-electron chi connectivity index (χ3n) is 3.57. The van der Waals surface area contributed by atoms with Gasteiger partial charge in [0.1, 0.15) is 0 Å². The highest BCUT2D eigenvalue weighted by atomic mass is 16.2. The fourth-order valence-electron chi connectivity index (χ4n) is 2.38. The number of para-hydroxylation sites is 1. The average molecular weight is 246 g/mol. The van der Waals surface area contributed by atoms with Gasteiger partial charge in [0.2, 0.25) is 5.91 Å². The maximum Gasteiger partial charge on any atom is 0.246 e. The second-order valence-electron chi connectivity index (χ2n) is 5.81. The first-order chi connectivity index (χ1) is 8.42. The van der Waals surface area contributed by atoms with E-state index in [-0.39, 0.29) is 5.91 Å². The van der Waals surface area contributed by atoms with E-state index in [0.29, 0.717) is 5.92 Å². The quantitative estimate of drug-likeness (QED) is 0.825. The summed E-state index contributed by atoms with van der Waals surface area (Å²) in [5.74, 6) is 0.608. The van der Waals surface area contributed by atoms with Gasteiger partial charge in [-0.3, -0.25) is 4.79 Å². The number of aryl methyl sites for hydroxylation is 1. The van der Waals surface area contributed by atoms with E-state index >= 15 is 0 Å². The SMILES string of the molecule is Cc1ccccc1N1CC(C)CNC(C)(C)C1=O. The number of nitrogens with one attached hydrogen (secondary N) is 1. The van der Waals surface area contributed by atoms with Crippen molar-refractivity contribution in [2.24, 2.45) is 5.92 Å². The standard InChI is InChI=1S/C15H22N2O/c1-11-9-16-15(3,4)14(18)17(10-11)13-8-6-5-7-12(13)2/h5-8,11,16H,9-10H2,1-4H3. The second kappa shape index (κ2) is 4.73. The summed E-state index contributed by atoms with van der Waals surface area (Å²) in [4.78, 5) is 14.6. The Labute approximate surface area is 109 Å². The molecule has 1 aliphatic heterocycles. The lowest BCUT2D eigenvalue weighted by atomic mass is 10.0. The largest absolute Gasteiger partial charge is 0.310 e. The van der Waals surface area contributed by atoms with Gasteiger partial charge in [-0.25, -0.2) is 0 Å². The molecule has 1 saturated heterocycles. The average Bonchev–Trinajstić information content (AvgIpc) is 2.42. The van der Waals surface area contributed by atoms with Crippen LogP contribution in [0.4, 0.5) is 5.69 Å². The molecule has 0 aromatic heterocycles. The van der Waals surface area contributed by atoms with Crippen LogP contribution in [0.1, 0.15) is 26.3 Å². The first-order valence-electron chi connectivity index (χ1n) is 6.54. The van der Waals surface area contributed by atoms with Crippen LogP contribution in [0.3, 0.4) is 0 Å². The summed E-state index contributed by atoms with van der Waals surface area (Å²) in [7, 11) is 0. The Morgan fingerprint density at radius 3 is 2.67 bits per heavy atom. The zero-order valence-corrected chi connectivity index (χ0v) is 11.7. The molecular weight excluding hydrogens is 224 g/mol. The third-order valence-corrected chi connectivity index (χ3v) is 3.57. The molecule has 0 saturated carbocycles. The van der Waals surface area contributed by atoms with Crippen molar-refractivity contribution in [3.63, 3.8) is 0 Å². The lowest BCUT2D eigenvalue weighted by Crippen LogP contribution is -2.51. The van der Waals surface area contributed by atoms with Crippen LogP contribution in [0.15, 0.2) is 24.3 Å². The van der Waals surface area contributed by atoms with Crippen molar-refractivity contribution in [2.45, 2.75) is 33.2 Å². The first-order valence-corrected chi connectivity index (χ1v) is 6.54. The fourth-order valence-corrected chi connectivity index (χ4v) is 2.38. The molecule has 1 aromatic rings. The van der Waals surface area contributed by atoms with Crippen LogP contribution in [-0.4, -0.2) is 24.5 Å². The number of carbonyl (C=O) groups excluding carboxylic acids is 1. The van der Waals surface area contributed by atoms with Gasteiger partial charge in [0, 0.05) is 18.8 Å². The topological polar surface area (TPSA) is 32.3 Å². The first kappa shape index (κ1) is 13.1. The van der Waals surface area contributed by atoms with Crippen molar-refractivity contribution < 1.29 is 4.79 Å². The van der Waals surface area contributed by atoms with E-state index < -0.39 is 5.54 Å². The molecule has 3 nitrogen and oxygen atoms in total. The van der Waals surface area contributed by atoms with Crippen molar-refractivity contribution in [3.8, 4) is 0 Å². The molecule has 98 valence electrons. The summed E-state index contributed by atoms with van der Waals surface area (Å²) in [6, 6.07) is 8.08. The second-order valence-corrected chi connectivity index (χ2v) is 5.81. The van der Waals surface area contributed by atoms with E-state index in [1.165, 1.54) is 0 Å². The molecule has 3 heteroatoms. The molecule has 1 aromatic carbocycles. The van der Waals surface area contributed by atoms with Gasteiger partial charge in [-0.05, 0) is 38.3 Å². The summed E-state index contributed by atoms with van der Waals surface area (Å²) in [5.41, 5.74) is 1.69. The molecule has 1 fully saturated rings. The molecule has 1 amide bonds. The Morgan fingerprint density at radius 2 is 2.00 bits per heavy atom. The Hall–Kier alpha value is -1.35. The Balaban J connectivity index is 2.41. The van der Waals surface area contributed by atoms with E-state index in [9.17, 15) is 4.79 Å². The van der Waals surface area contributed by atoms with Gasteiger partial charge in [-0.15, -0.1) is 0 Å². The molecule has 0 bridgehead atoms. The zero-order valence-electron chi connectivity index (χ0n) is 11.7. The zero-order chi connectivity index (χ0) is 13.3. The maximum absolute atomic E-state index is 12.6. The fraction of sp³-hybridized carbons (Fsp3) is 0.533. The summed E-state index contributed by atoms with van der Waals surface area (Å²) in [6.45, 7) is 9.80. The van der Waals surface area contributed by atoms with E-state index in [1.54, 1.807) is 0 Å². The molecule has 1 N–H and O–H groups in total. The minimum absolute atomic E-state index is 0.154. The van der Waals surface area contributed by atoms with Crippen LogP contribution < -0.4 is 10.2 Å². The predicted molar refractivity (Wildman–Crippen MR) is 74.8 cm³/mol. The van der Waals surface area contributed by atoms with Crippen molar-refractivity contribution >= 4 is 11.6 Å². The van der Waals surface area contributed by atoms with Crippen LogP contribution in [-0.2, 0) is 4.79 Å². The van der Waals surface area contributed by atoms with Gasteiger partial charge < -0.3 is 10.2 Å². The Kier molecular flexibility index (Phi) is 3.44. The Morgan fingerprint density at radius 1 is 1.33 bits per heavy atom. The molecule has 1 unspecified atom stereocenters. The minimum Gasteiger partial charge on any atom is -0.310 e. The van der Waals surface area contributed by atoms with E-state index in [4.69, 9.17) is 0 Å². The normalized spacial score (nSPS) is 23.9. The maximum atomic E-state index is 12.6. The lowest BCUT2D eigenvalue weighted by molar-refractivity contribution is -0.123. The number of benzene rings is 1. The van der Waals surface area contributed by atoms with Gasteiger partial charge in [-0.2, -0.15) is 0 Å². The molecule has 18 heavy (non-hydrogen) atoms.